The summed E-state index contributed by atoms with van der Waals surface area (Å²) in [5, 5.41) is 20.5. The van der Waals surface area contributed by atoms with Crippen molar-refractivity contribution in [1.82, 2.24) is 5.32 Å². The van der Waals surface area contributed by atoms with Gasteiger partial charge in [-0.3, -0.25) is 4.79 Å². The third kappa shape index (κ3) is 5.11. The second-order valence-electron chi connectivity index (χ2n) is 5.75. The van der Waals surface area contributed by atoms with Gasteiger partial charge < -0.3 is 25.0 Å². The second kappa shape index (κ2) is 8.74. The molecule has 0 bridgehead atoms. The van der Waals surface area contributed by atoms with Crippen molar-refractivity contribution in [2.75, 3.05) is 20.3 Å². The summed E-state index contributed by atoms with van der Waals surface area (Å²) in [6, 6.07) is 5.73. The van der Waals surface area contributed by atoms with Crippen LogP contribution in [0.3, 0.4) is 0 Å². The van der Waals surface area contributed by atoms with E-state index in [1.54, 1.807) is 7.11 Å². The first-order valence-electron chi connectivity index (χ1n) is 8.04. The molecule has 0 saturated heterocycles. The minimum absolute atomic E-state index is 0.249. The van der Waals surface area contributed by atoms with Gasteiger partial charge in [-0.05, 0) is 49.8 Å². The van der Waals surface area contributed by atoms with E-state index >= 15 is 0 Å². The molecule has 0 spiro atoms. The molecule has 0 aromatic heterocycles. The summed E-state index contributed by atoms with van der Waals surface area (Å²) >= 11 is 0. The molecule has 3 N–H and O–H groups in total. The highest BCUT2D eigenvalue weighted by Gasteiger charge is 2.18. The van der Waals surface area contributed by atoms with Crippen LogP contribution >= 0.6 is 0 Å². The molecular weight excluding hydrogens is 298 g/mol. The molecule has 128 valence electrons. The smallest absolute Gasteiger partial charge is 0.251 e. The Morgan fingerprint density at radius 3 is 2.74 bits per heavy atom. The fourth-order valence-corrected chi connectivity index (χ4v) is 2.69. The minimum atomic E-state index is -1.37. The highest BCUT2D eigenvalue weighted by atomic mass is 16.5. The Bertz CT molecular complexity index is 514. The van der Waals surface area contributed by atoms with Gasteiger partial charge in [-0.25, -0.2) is 0 Å². The number of rotatable bonds is 8. The fraction of sp³-hybridized carbons (Fsp3) is 0.588. The Labute approximate surface area is 136 Å². The molecule has 2 rings (SSSR count). The molecule has 1 amide bonds. The van der Waals surface area contributed by atoms with E-state index in [2.05, 4.69) is 5.32 Å². The Morgan fingerprint density at radius 2 is 2.09 bits per heavy atom. The number of nitrogens with one attached hydrogen (secondary N) is 1. The van der Waals surface area contributed by atoms with Crippen LogP contribution in [0, 0.1) is 0 Å². The molecule has 1 aromatic carbocycles. The monoisotopic (exact) mass is 323 g/mol. The van der Waals surface area contributed by atoms with Gasteiger partial charge in [0.15, 0.2) is 17.6 Å². The van der Waals surface area contributed by atoms with E-state index in [-0.39, 0.29) is 6.10 Å². The maximum Gasteiger partial charge on any atom is 0.251 e. The quantitative estimate of drug-likeness (QED) is 0.665. The zero-order valence-corrected chi connectivity index (χ0v) is 13.5. The Morgan fingerprint density at radius 1 is 1.35 bits per heavy atom. The molecule has 0 heterocycles. The summed E-state index contributed by atoms with van der Waals surface area (Å²) in [6.07, 6.45) is 4.03. The third-order valence-electron chi connectivity index (χ3n) is 4.01. The standard InChI is InChI=1S/C17H25NO5/c1-22-15-7-6-12(8-9-18-17(21)14(20)11-19)10-16(15)23-13-4-2-3-5-13/h6-7,10,13-14,19-20H,2-5,8-9,11H2,1H3,(H,18,21). The Kier molecular flexibility index (Phi) is 6.67. The molecule has 1 aliphatic rings. The lowest BCUT2D eigenvalue weighted by atomic mass is 10.1. The first-order valence-corrected chi connectivity index (χ1v) is 8.04. The number of carbonyl (C=O) groups excluding carboxylic acids is 1. The van der Waals surface area contributed by atoms with Crippen LogP contribution in [0.25, 0.3) is 0 Å². The van der Waals surface area contributed by atoms with E-state index in [0.717, 1.165) is 24.2 Å². The number of carbonyl (C=O) groups is 1. The molecule has 1 atom stereocenters. The van der Waals surface area contributed by atoms with Gasteiger partial charge in [-0.1, -0.05) is 6.07 Å². The van der Waals surface area contributed by atoms with Gasteiger partial charge in [0.25, 0.3) is 5.91 Å². The van der Waals surface area contributed by atoms with Crippen molar-refractivity contribution in [1.29, 1.82) is 0 Å². The van der Waals surface area contributed by atoms with Gasteiger partial charge in [0.05, 0.1) is 19.8 Å². The van der Waals surface area contributed by atoms with Crippen LogP contribution in [0.4, 0.5) is 0 Å². The molecule has 0 aliphatic heterocycles. The van der Waals surface area contributed by atoms with Crippen LogP contribution in [-0.2, 0) is 11.2 Å². The molecule has 6 nitrogen and oxygen atoms in total. The average Bonchev–Trinajstić information content (AvgIpc) is 3.07. The maximum atomic E-state index is 11.4. The topological polar surface area (TPSA) is 88.0 Å². The molecule has 1 aliphatic carbocycles. The van der Waals surface area contributed by atoms with Crippen molar-refractivity contribution in [3.8, 4) is 11.5 Å². The summed E-state index contributed by atoms with van der Waals surface area (Å²) in [6.45, 7) is -0.196. The van der Waals surface area contributed by atoms with Crippen molar-refractivity contribution >= 4 is 5.91 Å². The van der Waals surface area contributed by atoms with E-state index in [1.165, 1.54) is 12.8 Å². The van der Waals surface area contributed by atoms with Gasteiger partial charge in [0, 0.05) is 6.54 Å². The first-order chi connectivity index (χ1) is 11.1. The SMILES string of the molecule is COc1ccc(CCNC(=O)C(O)CO)cc1OC1CCCC1. The van der Waals surface area contributed by atoms with Gasteiger partial charge in [0.1, 0.15) is 0 Å². The molecular formula is C17H25NO5. The summed E-state index contributed by atoms with van der Waals surface area (Å²) < 4.78 is 11.4. The van der Waals surface area contributed by atoms with E-state index < -0.39 is 18.6 Å². The number of aliphatic hydroxyl groups excluding tert-OH is 2. The number of aliphatic hydroxyl groups is 2. The molecule has 0 radical (unpaired) electrons. The Balaban J connectivity index is 1.92. The van der Waals surface area contributed by atoms with Crippen LogP contribution < -0.4 is 14.8 Å². The number of methoxy groups -OCH3 is 1. The fourth-order valence-electron chi connectivity index (χ4n) is 2.69. The van der Waals surface area contributed by atoms with E-state index in [0.29, 0.717) is 18.7 Å². The van der Waals surface area contributed by atoms with Crippen LogP contribution in [0.2, 0.25) is 0 Å². The first kappa shape index (κ1) is 17.6. The summed E-state index contributed by atoms with van der Waals surface area (Å²) in [5.41, 5.74) is 1.01. The number of amides is 1. The second-order valence-corrected chi connectivity index (χ2v) is 5.75. The molecule has 1 saturated carbocycles. The van der Waals surface area contributed by atoms with Crippen LogP contribution in [0.1, 0.15) is 31.2 Å². The van der Waals surface area contributed by atoms with Crippen molar-refractivity contribution in [2.45, 2.75) is 44.3 Å². The molecule has 1 unspecified atom stereocenters. The van der Waals surface area contributed by atoms with Crippen LogP contribution in [0.15, 0.2) is 18.2 Å². The van der Waals surface area contributed by atoms with Crippen molar-refractivity contribution in [3.63, 3.8) is 0 Å². The van der Waals surface area contributed by atoms with Crippen molar-refractivity contribution < 1.29 is 24.5 Å². The Hall–Kier alpha value is -1.79. The normalized spacial score (nSPS) is 16.1. The molecule has 6 heteroatoms. The summed E-state index contributed by atoms with van der Waals surface area (Å²) in [5.74, 6) is 0.877. The van der Waals surface area contributed by atoms with Gasteiger partial charge in [0.2, 0.25) is 0 Å². The average molecular weight is 323 g/mol. The highest BCUT2D eigenvalue weighted by molar-refractivity contribution is 5.80. The predicted octanol–water partition coefficient (Wildman–Crippen LogP) is 1.03. The van der Waals surface area contributed by atoms with Crippen LogP contribution in [-0.4, -0.2) is 48.6 Å². The number of hydrogen-bond acceptors (Lipinski definition) is 5. The minimum Gasteiger partial charge on any atom is -0.493 e. The predicted molar refractivity (Wildman–Crippen MR) is 85.7 cm³/mol. The lowest BCUT2D eigenvalue weighted by Crippen LogP contribution is -2.37. The third-order valence-corrected chi connectivity index (χ3v) is 4.01. The lowest BCUT2D eigenvalue weighted by molar-refractivity contribution is -0.131. The summed E-state index contributed by atoms with van der Waals surface area (Å²) in [4.78, 5) is 11.4. The van der Waals surface area contributed by atoms with Crippen molar-refractivity contribution in [2.24, 2.45) is 0 Å². The zero-order valence-electron chi connectivity index (χ0n) is 13.5. The summed E-state index contributed by atoms with van der Waals surface area (Å²) in [7, 11) is 1.62. The van der Waals surface area contributed by atoms with Gasteiger partial charge in [-0.2, -0.15) is 0 Å². The van der Waals surface area contributed by atoms with Crippen molar-refractivity contribution in [3.05, 3.63) is 23.8 Å². The maximum absolute atomic E-state index is 11.4. The zero-order chi connectivity index (χ0) is 16.7. The lowest BCUT2D eigenvalue weighted by Gasteiger charge is -2.17. The van der Waals surface area contributed by atoms with E-state index in [9.17, 15) is 9.90 Å². The van der Waals surface area contributed by atoms with Gasteiger partial charge in [-0.15, -0.1) is 0 Å². The van der Waals surface area contributed by atoms with E-state index in [1.807, 2.05) is 18.2 Å². The largest absolute Gasteiger partial charge is 0.493 e. The number of hydrogen-bond donors (Lipinski definition) is 3. The van der Waals surface area contributed by atoms with Gasteiger partial charge >= 0.3 is 0 Å². The molecule has 1 aromatic rings. The van der Waals surface area contributed by atoms with E-state index in [4.69, 9.17) is 14.6 Å². The molecule has 23 heavy (non-hydrogen) atoms. The number of ether oxygens (including phenoxy) is 2. The molecule has 1 fully saturated rings. The van der Waals surface area contributed by atoms with Crippen LogP contribution in [0.5, 0.6) is 11.5 Å². The number of benzene rings is 1. The highest BCUT2D eigenvalue weighted by Crippen LogP contribution is 2.32.